The van der Waals surface area contributed by atoms with E-state index in [0.29, 0.717) is 18.6 Å². The summed E-state index contributed by atoms with van der Waals surface area (Å²) in [6.45, 7) is 4.48. The maximum absolute atomic E-state index is 12.4. The monoisotopic (exact) mass is 276 g/mol. The van der Waals surface area contributed by atoms with Crippen LogP contribution in [-0.4, -0.2) is 38.8 Å². The molecule has 0 bridgehead atoms. The van der Waals surface area contributed by atoms with E-state index in [9.17, 15) is 4.79 Å². The smallest absolute Gasteiger partial charge is 0.228 e. The molecular formula is C13H25ClN2O2. The van der Waals surface area contributed by atoms with E-state index in [1.807, 2.05) is 0 Å². The minimum atomic E-state index is -0.302. The van der Waals surface area contributed by atoms with Crippen LogP contribution in [0, 0.1) is 11.3 Å². The fraction of sp³-hybridized carbons (Fsp3) is 0.923. The van der Waals surface area contributed by atoms with E-state index in [4.69, 9.17) is 4.74 Å². The number of methoxy groups -OCH3 is 1. The van der Waals surface area contributed by atoms with Gasteiger partial charge in [0, 0.05) is 13.2 Å². The molecule has 1 unspecified atom stereocenters. The average molecular weight is 277 g/mol. The van der Waals surface area contributed by atoms with Crippen LogP contribution in [-0.2, 0) is 9.53 Å². The number of carbonyl (C=O) groups excluding carboxylic acids is 1. The zero-order valence-corrected chi connectivity index (χ0v) is 12.1. The van der Waals surface area contributed by atoms with Crippen molar-refractivity contribution in [2.45, 2.75) is 38.6 Å². The molecule has 0 spiro atoms. The van der Waals surface area contributed by atoms with Crippen LogP contribution in [0.1, 0.15) is 32.6 Å². The molecule has 2 aliphatic rings. The van der Waals surface area contributed by atoms with Crippen LogP contribution in [0.4, 0.5) is 0 Å². The zero-order valence-electron chi connectivity index (χ0n) is 11.3. The minimum absolute atomic E-state index is 0. The molecule has 1 saturated carbocycles. The van der Waals surface area contributed by atoms with Crippen LogP contribution in [0.3, 0.4) is 0 Å². The summed E-state index contributed by atoms with van der Waals surface area (Å²) >= 11 is 0. The summed E-state index contributed by atoms with van der Waals surface area (Å²) in [5.74, 6) is 0.903. The van der Waals surface area contributed by atoms with Crippen LogP contribution >= 0.6 is 12.4 Å². The van der Waals surface area contributed by atoms with Gasteiger partial charge in [0.1, 0.15) is 0 Å². The molecule has 4 nitrogen and oxygen atoms in total. The van der Waals surface area contributed by atoms with Gasteiger partial charge in [0.25, 0.3) is 0 Å². The Labute approximate surface area is 116 Å². The van der Waals surface area contributed by atoms with Gasteiger partial charge in [0.15, 0.2) is 0 Å². The van der Waals surface area contributed by atoms with Crippen molar-refractivity contribution >= 4 is 18.3 Å². The number of hydrogen-bond donors (Lipinski definition) is 2. The second-order valence-corrected chi connectivity index (χ2v) is 5.56. The number of rotatable bonds is 5. The Morgan fingerprint density at radius 3 is 2.56 bits per heavy atom. The average Bonchev–Trinajstić information content (AvgIpc) is 3.14. The third-order valence-corrected chi connectivity index (χ3v) is 4.15. The summed E-state index contributed by atoms with van der Waals surface area (Å²) in [6.07, 6.45) is 4.29. The number of hydrogen-bond acceptors (Lipinski definition) is 3. The number of carbonyl (C=O) groups is 1. The predicted octanol–water partition coefficient (Wildman–Crippen LogP) is 1.34. The van der Waals surface area contributed by atoms with Crippen molar-refractivity contribution in [3.63, 3.8) is 0 Å². The summed E-state index contributed by atoms with van der Waals surface area (Å²) in [4.78, 5) is 12.4. The van der Waals surface area contributed by atoms with Gasteiger partial charge < -0.3 is 15.4 Å². The Morgan fingerprint density at radius 2 is 2.06 bits per heavy atom. The van der Waals surface area contributed by atoms with E-state index in [1.54, 1.807) is 7.11 Å². The standard InChI is InChI=1S/C13H24N2O2.ClH/c1-10(11-3-4-11)15-12(16)13(9-17-2)5-7-14-8-6-13;/h10-11,14H,3-9H2,1-2H3,(H,15,16);1H. The molecule has 2 N–H and O–H groups in total. The van der Waals surface area contributed by atoms with Crippen LogP contribution in [0.5, 0.6) is 0 Å². The SMILES string of the molecule is COCC1(C(=O)NC(C)C2CC2)CCNCC1.Cl. The lowest BCUT2D eigenvalue weighted by Crippen LogP contribution is -2.52. The van der Waals surface area contributed by atoms with Gasteiger partial charge in [-0.05, 0) is 51.6 Å². The van der Waals surface area contributed by atoms with E-state index in [-0.39, 0.29) is 23.7 Å². The van der Waals surface area contributed by atoms with Crippen molar-refractivity contribution in [1.29, 1.82) is 0 Å². The van der Waals surface area contributed by atoms with E-state index in [1.165, 1.54) is 12.8 Å². The molecule has 0 aromatic rings. The molecule has 1 heterocycles. The Bertz CT molecular complexity index is 271. The summed E-state index contributed by atoms with van der Waals surface area (Å²) in [5, 5.41) is 6.50. The molecule has 1 amide bonds. The van der Waals surface area contributed by atoms with Crippen LogP contribution in [0.15, 0.2) is 0 Å². The van der Waals surface area contributed by atoms with Crippen molar-refractivity contribution in [2.24, 2.45) is 11.3 Å². The molecular weight excluding hydrogens is 252 g/mol. The lowest BCUT2D eigenvalue weighted by Gasteiger charge is -2.36. The first-order valence-corrected chi connectivity index (χ1v) is 6.68. The molecule has 0 aromatic carbocycles. The lowest BCUT2D eigenvalue weighted by molar-refractivity contribution is -0.137. The minimum Gasteiger partial charge on any atom is -0.384 e. The van der Waals surface area contributed by atoms with Crippen molar-refractivity contribution in [1.82, 2.24) is 10.6 Å². The van der Waals surface area contributed by atoms with Gasteiger partial charge in [0.05, 0.1) is 12.0 Å². The fourth-order valence-electron chi connectivity index (χ4n) is 2.69. The Morgan fingerprint density at radius 1 is 1.44 bits per heavy atom. The highest BCUT2D eigenvalue weighted by Gasteiger charge is 2.41. The second kappa shape index (κ2) is 6.73. The molecule has 0 aromatic heterocycles. The number of halogens is 1. The van der Waals surface area contributed by atoms with Gasteiger partial charge in [-0.25, -0.2) is 0 Å². The number of piperidine rings is 1. The largest absolute Gasteiger partial charge is 0.384 e. The Balaban J connectivity index is 0.00000162. The van der Waals surface area contributed by atoms with E-state index in [0.717, 1.165) is 25.9 Å². The van der Waals surface area contributed by atoms with Crippen molar-refractivity contribution < 1.29 is 9.53 Å². The second-order valence-electron chi connectivity index (χ2n) is 5.56. The first-order chi connectivity index (χ1) is 8.18. The molecule has 1 atom stereocenters. The van der Waals surface area contributed by atoms with E-state index < -0.39 is 0 Å². The number of ether oxygens (including phenoxy) is 1. The first-order valence-electron chi connectivity index (χ1n) is 6.68. The third-order valence-electron chi connectivity index (χ3n) is 4.15. The van der Waals surface area contributed by atoms with Crippen molar-refractivity contribution in [2.75, 3.05) is 26.8 Å². The normalized spacial score (nSPS) is 23.9. The van der Waals surface area contributed by atoms with Crippen LogP contribution in [0.2, 0.25) is 0 Å². The summed E-state index contributed by atoms with van der Waals surface area (Å²) in [7, 11) is 1.68. The molecule has 0 radical (unpaired) electrons. The van der Waals surface area contributed by atoms with Gasteiger partial charge in [0.2, 0.25) is 5.91 Å². The molecule has 2 fully saturated rings. The Hall–Kier alpha value is -0.320. The zero-order chi connectivity index (χ0) is 12.3. The molecule has 18 heavy (non-hydrogen) atoms. The quantitative estimate of drug-likeness (QED) is 0.797. The first kappa shape index (κ1) is 15.7. The fourth-order valence-corrected chi connectivity index (χ4v) is 2.69. The van der Waals surface area contributed by atoms with Gasteiger partial charge >= 0.3 is 0 Å². The predicted molar refractivity (Wildman–Crippen MR) is 74.0 cm³/mol. The molecule has 1 aliphatic carbocycles. The molecule has 106 valence electrons. The highest BCUT2D eigenvalue weighted by molar-refractivity contribution is 5.85. The maximum Gasteiger partial charge on any atom is 0.228 e. The van der Waals surface area contributed by atoms with Gasteiger partial charge in [-0.3, -0.25) is 4.79 Å². The number of amides is 1. The summed E-state index contributed by atoms with van der Waals surface area (Å²) in [6, 6.07) is 0.325. The van der Waals surface area contributed by atoms with Gasteiger partial charge in [-0.15, -0.1) is 12.4 Å². The van der Waals surface area contributed by atoms with Crippen molar-refractivity contribution in [3.05, 3.63) is 0 Å². The lowest BCUT2D eigenvalue weighted by atomic mass is 9.78. The van der Waals surface area contributed by atoms with E-state index in [2.05, 4.69) is 17.6 Å². The van der Waals surface area contributed by atoms with Crippen LogP contribution in [0.25, 0.3) is 0 Å². The number of nitrogens with one attached hydrogen (secondary N) is 2. The van der Waals surface area contributed by atoms with E-state index >= 15 is 0 Å². The van der Waals surface area contributed by atoms with Gasteiger partial charge in [-0.1, -0.05) is 0 Å². The van der Waals surface area contributed by atoms with Crippen LogP contribution < -0.4 is 10.6 Å². The molecule has 1 aliphatic heterocycles. The third kappa shape index (κ3) is 3.59. The Kier molecular flexibility index (Phi) is 5.89. The molecule has 2 rings (SSSR count). The van der Waals surface area contributed by atoms with Gasteiger partial charge in [-0.2, -0.15) is 0 Å². The molecule has 1 saturated heterocycles. The maximum atomic E-state index is 12.4. The highest BCUT2D eigenvalue weighted by Crippen LogP contribution is 2.34. The van der Waals surface area contributed by atoms with Crippen molar-refractivity contribution in [3.8, 4) is 0 Å². The molecule has 5 heteroatoms. The topological polar surface area (TPSA) is 50.4 Å². The summed E-state index contributed by atoms with van der Waals surface area (Å²) in [5.41, 5.74) is -0.302. The highest BCUT2D eigenvalue weighted by atomic mass is 35.5. The summed E-state index contributed by atoms with van der Waals surface area (Å²) < 4.78 is 5.27.